The molecule has 0 saturated carbocycles. The minimum absolute atomic E-state index is 0.306. The molecular weight excluding hydrogens is 318 g/mol. The summed E-state index contributed by atoms with van der Waals surface area (Å²) < 4.78 is 0. The van der Waals surface area contributed by atoms with Crippen molar-refractivity contribution in [2.45, 2.75) is 38.4 Å². The van der Waals surface area contributed by atoms with Crippen molar-refractivity contribution >= 4 is 28.9 Å². The Morgan fingerprint density at radius 1 is 1.04 bits per heavy atom. The van der Waals surface area contributed by atoms with Gasteiger partial charge >= 0.3 is 0 Å². The number of benzene rings is 2. The number of nitrogens with two attached hydrogens (primary N) is 1. The van der Waals surface area contributed by atoms with Crippen LogP contribution >= 0.6 is 0 Å². The van der Waals surface area contributed by atoms with E-state index < -0.39 is 29.9 Å². The van der Waals surface area contributed by atoms with E-state index in [4.69, 9.17) is 5.73 Å². The zero-order valence-electron chi connectivity index (χ0n) is 14.4. The molecule has 0 bridgehead atoms. The number of hydrogen-bond acceptors (Lipinski definition) is 4. The molecule has 0 aliphatic rings. The van der Waals surface area contributed by atoms with Gasteiger partial charge in [-0.05, 0) is 30.2 Å². The minimum atomic E-state index is -0.804. The third-order valence-electron chi connectivity index (χ3n) is 3.87. The summed E-state index contributed by atoms with van der Waals surface area (Å²) in [6, 6.07) is 11.6. The van der Waals surface area contributed by atoms with Crippen molar-refractivity contribution in [3.63, 3.8) is 0 Å². The predicted octanol–water partition coefficient (Wildman–Crippen LogP) is 0.918. The maximum atomic E-state index is 12.4. The molecule has 0 spiro atoms. The van der Waals surface area contributed by atoms with E-state index in [9.17, 15) is 14.4 Å². The van der Waals surface area contributed by atoms with Gasteiger partial charge in [0.2, 0.25) is 11.8 Å². The van der Waals surface area contributed by atoms with Crippen molar-refractivity contribution in [2.75, 3.05) is 0 Å². The number of fused-ring (bicyclic) bond motifs is 1. The fourth-order valence-corrected chi connectivity index (χ4v) is 2.47. The lowest BCUT2D eigenvalue weighted by atomic mass is 10.0. The molecule has 2 amide bonds. The molecule has 4 N–H and O–H groups in total. The molecule has 3 atom stereocenters. The van der Waals surface area contributed by atoms with Crippen molar-refractivity contribution in [2.24, 2.45) is 5.73 Å². The van der Waals surface area contributed by atoms with E-state index in [2.05, 4.69) is 10.6 Å². The first-order chi connectivity index (χ1) is 11.9. The summed E-state index contributed by atoms with van der Waals surface area (Å²) in [5.74, 6) is -0.832. The topological polar surface area (TPSA) is 101 Å². The van der Waals surface area contributed by atoms with Gasteiger partial charge in [-0.3, -0.25) is 9.59 Å². The van der Waals surface area contributed by atoms with Crippen LogP contribution in [0.5, 0.6) is 0 Å². The molecule has 2 rings (SSSR count). The molecule has 2 aromatic carbocycles. The highest BCUT2D eigenvalue weighted by atomic mass is 16.2. The average molecular weight is 341 g/mol. The van der Waals surface area contributed by atoms with Gasteiger partial charge in [0.1, 0.15) is 12.3 Å². The number of aldehydes is 1. The highest BCUT2D eigenvalue weighted by molar-refractivity contribution is 5.91. The zero-order chi connectivity index (χ0) is 18.4. The summed E-state index contributed by atoms with van der Waals surface area (Å²) >= 11 is 0. The van der Waals surface area contributed by atoms with Crippen molar-refractivity contribution in [1.82, 2.24) is 10.6 Å². The Balaban J connectivity index is 2.21. The van der Waals surface area contributed by atoms with E-state index in [-0.39, 0.29) is 0 Å². The largest absolute Gasteiger partial charge is 0.345 e. The number of hydrogen-bond donors (Lipinski definition) is 3. The fourth-order valence-electron chi connectivity index (χ4n) is 2.47. The number of rotatable bonds is 7. The van der Waals surface area contributed by atoms with Crippen molar-refractivity contribution in [1.29, 1.82) is 0 Å². The van der Waals surface area contributed by atoms with Crippen LogP contribution in [0.3, 0.4) is 0 Å². The molecule has 25 heavy (non-hydrogen) atoms. The lowest BCUT2D eigenvalue weighted by molar-refractivity contribution is -0.130. The molecule has 2 aromatic rings. The van der Waals surface area contributed by atoms with Gasteiger partial charge < -0.3 is 21.2 Å². The molecular formula is C19H23N3O3. The van der Waals surface area contributed by atoms with Crippen molar-refractivity contribution in [3.8, 4) is 0 Å². The summed E-state index contributed by atoms with van der Waals surface area (Å²) in [4.78, 5) is 35.1. The highest BCUT2D eigenvalue weighted by Gasteiger charge is 2.23. The van der Waals surface area contributed by atoms with Crippen molar-refractivity contribution in [3.05, 3.63) is 48.0 Å². The Labute approximate surface area is 146 Å². The third-order valence-corrected chi connectivity index (χ3v) is 3.87. The van der Waals surface area contributed by atoms with Gasteiger partial charge in [-0.1, -0.05) is 42.5 Å². The Morgan fingerprint density at radius 3 is 2.36 bits per heavy atom. The van der Waals surface area contributed by atoms with E-state index >= 15 is 0 Å². The van der Waals surface area contributed by atoms with E-state index in [0.29, 0.717) is 12.7 Å². The van der Waals surface area contributed by atoms with Crippen LogP contribution in [0.25, 0.3) is 10.8 Å². The standard InChI is InChI=1S/C19H23N3O3/c1-12(11-23)21-19(25)17(22-18(24)13(2)20)10-14-7-8-15-5-3-4-6-16(15)9-14/h3-9,11-13,17H,10,20H2,1-2H3,(H,21,25)(H,22,24)/t12-,13+,17+/m0/s1. The van der Waals surface area contributed by atoms with Crippen LogP contribution in [0, 0.1) is 0 Å². The SMILES string of the molecule is C[C@@H](C=O)NC(=O)[C@@H](Cc1ccc2ccccc2c1)NC(=O)[C@@H](C)N. The van der Waals surface area contributed by atoms with E-state index in [1.807, 2.05) is 42.5 Å². The zero-order valence-corrected chi connectivity index (χ0v) is 14.4. The average Bonchev–Trinajstić information content (AvgIpc) is 2.60. The van der Waals surface area contributed by atoms with Crippen LogP contribution in [-0.4, -0.2) is 36.2 Å². The van der Waals surface area contributed by atoms with Gasteiger partial charge in [0.25, 0.3) is 0 Å². The molecule has 6 nitrogen and oxygen atoms in total. The monoisotopic (exact) mass is 341 g/mol. The van der Waals surface area contributed by atoms with Gasteiger partial charge in [0, 0.05) is 6.42 Å². The first-order valence-electron chi connectivity index (χ1n) is 8.20. The fraction of sp³-hybridized carbons (Fsp3) is 0.316. The number of carbonyl (C=O) groups is 3. The van der Waals surface area contributed by atoms with E-state index in [0.717, 1.165) is 16.3 Å². The van der Waals surface area contributed by atoms with Gasteiger partial charge in [-0.25, -0.2) is 0 Å². The van der Waals surface area contributed by atoms with E-state index in [1.54, 1.807) is 13.8 Å². The highest BCUT2D eigenvalue weighted by Crippen LogP contribution is 2.16. The molecule has 6 heteroatoms. The van der Waals surface area contributed by atoms with Crippen LogP contribution in [0.15, 0.2) is 42.5 Å². The van der Waals surface area contributed by atoms with Gasteiger partial charge in [-0.15, -0.1) is 0 Å². The Kier molecular flexibility index (Phi) is 6.25. The molecule has 0 aromatic heterocycles. The molecule has 0 heterocycles. The number of carbonyl (C=O) groups excluding carboxylic acids is 3. The van der Waals surface area contributed by atoms with Crippen LogP contribution in [-0.2, 0) is 20.8 Å². The lowest BCUT2D eigenvalue weighted by Crippen LogP contribution is -2.53. The van der Waals surface area contributed by atoms with Crippen molar-refractivity contribution < 1.29 is 14.4 Å². The maximum absolute atomic E-state index is 12.4. The molecule has 132 valence electrons. The minimum Gasteiger partial charge on any atom is -0.345 e. The van der Waals surface area contributed by atoms with Crippen LogP contribution < -0.4 is 16.4 Å². The molecule has 0 fully saturated rings. The maximum Gasteiger partial charge on any atom is 0.243 e. The number of nitrogens with one attached hydrogen (secondary N) is 2. The smallest absolute Gasteiger partial charge is 0.243 e. The predicted molar refractivity (Wildman–Crippen MR) is 96.9 cm³/mol. The van der Waals surface area contributed by atoms with Gasteiger partial charge in [-0.2, -0.15) is 0 Å². The van der Waals surface area contributed by atoms with Gasteiger partial charge in [0.05, 0.1) is 12.1 Å². The van der Waals surface area contributed by atoms with Crippen LogP contribution in [0.2, 0.25) is 0 Å². The summed E-state index contributed by atoms with van der Waals surface area (Å²) in [5.41, 5.74) is 6.48. The number of amides is 2. The first kappa shape index (κ1) is 18.6. The third kappa shape index (κ3) is 5.12. The molecule has 0 unspecified atom stereocenters. The van der Waals surface area contributed by atoms with Crippen LogP contribution in [0.1, 0.15) is 19.4 Å². The molecule has 0 saturated heterocycles. The normalized spacial score (nSPS) is 14.4. The Hall–Kier alpha value is -2.73. The summed E-state index contributed by atoms with van der Waals surface area (Å²) in [6.07, 6.45) is 0.944. The summed E-state index contributed by atoms with van der Waals surface area (Å²) in [5, 5.41) is 7.37. The molecule has 0 aliphatic heterocycles. The Bertz CT molecular complexity index is 773. The van der Waals surface area contributed by atoms with E-state index in [1.165, 1.54) is 0 Å². The second-order valence-electron chi connectivity index (χ2n) is 6.17. The molecule has 0 radical (unpaired) electrons. The Morgan fingerprint density at radius 2 is 1.72 bits per heavy atom. The lowest BCUT2D eigenvalue weighted by Gasteiger charge is -2.21. The molecule has 0 aliphatic carbocycles. The van der Waals surface area contributed by atoms with Crippen LogP contribution in [0.4, 0.5) is 0 Å². The first-order valence-corrected chi connectivity index (χ1v) is 8.20. The second kappa shape index (κ2) is 8.39. The quantitative estimate of drug-likeness (QED) is 0.652. The summed E-state index contributed by atoms with van der Waals surface area (Å²) in [6.45, 7) is 3.12. The van der Waals surface area contributed by atoms with Gasteiger partial charge in [0.15, 0.2) is 0 Å². The second-order valence-corrected chi connectivity index (χ2v) is 6.17. The summed E-state index contributed by atoms with van der Waals surface area (Å²) in [7, 11) is 0.